The second kappa shape index (κ2) is 18.0. The van der Waals surface area contributed by atoms with Gasteiger partial charge in [0.15, 0.2) is 0 Å². The van der Waals surface area contributed by atoms with Crippen molar-refractivity contribution in [2.45, 2.75) is 65.7 Å². The van der Waals surface area contributed by atoms with Gasteiger partial charge in [0, 0.05) is 0 Å². The Kier molecular flexibility index (Phi) is 14.8. The molecule has 8 heteroatoms. The molecule has 5 unspecified atom stereocenters. The molecule has 2 aliphatic rings. The summed E-state index contributed by atoms with van der Waals surface area (Å²) in [6.45, 7) is 8.42. The molecule has 2 aliphatic carbocycles. The largest absolute Gasteiger partial charge is 0.469 e. The number of aryl methyl sites for hydroxylation is 4. The normalized spacial score (nSPS) is 22.1. The van der Waals surface area contributed by atoms with Gasteiger partial charge in [0.25, 0.3) is 0 Å². The van der Waals surface area contributed by atoms with Crippen LogP contribution >= 0.6 is 0 Å². The molecule has 1 saturated carbocycles. The number of methoxy groups -OCH3 is 4. The molecule has 0 spiro atoms. The van der Waals surface area contributed by atoms with Crippen LogP contribution in [0.2, 0.25) is 0 Å². The summed E-state index contributed by atoms with van der Waals surface area (Å²) >= 11 is 0. The Labute approximate surface area is 262 Å². The third-order valence-corrected chi connectivity index (χ3v) is 8.73. The van der Waals surface area contributed by atoms with E-state index in [1.165, 1.54) is 56.3 Å². The van der Waals surface area contributed by atoms with Gasteiger partial charge in [-0.1, -0.05) is 54.6 Å². The highest BCUT2D eigenvalue weighted by molar-refractivity contribution is 5.83. The van der Waals surface area contributed by atoms with Gasteiger partial charge in [-0.15, -0.1) is 0 Å². The number of allylic oxidation sites excluding steroid dienone is 2. The molecular formula is C36H48O8. The van der Waals surface area contributed by atoms with Crippen LogP contribution < -0.4 is 0 Å². The molecule has 44 heavy (non-hydrogen) atoms. The molecule has 0 amide bonds. The third-order valence-electron chi connectivity index (χ3n) is 8.73. The Hall–Kier alpha value is -3.94. The molecule has 0 heterocycles. The van der Waals surface area contributed by atoms with Gasteiger partial charge in [-0.2, -0.15) is 0 Å². The number of benzene rings is 2. The molecule has 0 aromatic heterocycles. The van der Waals surface area contributed by atoms with E-state index in [1.807, 2.05) is 12.2 Å². The molecule has 0 radical (unpaired) electrons. The van der Waals surface area contributed by atoms with Crippen LogP contribution in [-0.4, -0.2) is 52.3 Å². The monoisotopic (exact) mass is 608 g/mol. The molecule has 5 atom stereocenters. The SMILES string of the molecule is COC(=O)C1CC=CCC1C(=O)OC.COC(=O)C1CCC(c2ccc(C)c(C)c2)CC1C(=O)OC.Cc1ccccc1C. The maximum absolute atomic E-state index is 12.1. The molecule has 0 bridgehead atoms. The minimum absolute atomic E-state index is 0.282. The van der Waals surface area contributed by atoms with Crippen LogP contribution in [-0.2, 0) is 38.1 Å². The van der Waals surface area contributed by atoms with E-state index in [9.17, 15) is 19.2 Å². The van der Waals surface area contributed by atoms with Crippen LogP contribution in [0.1, 0.15) is 65.8 Å². The van der Waals surface area contributed by atoms with E-state index < -0.39 is 17.8 Å². The van der Waals surface area contributed by atoms with Crippen LogP contribution in [0.5, 0.6) is 0 Å². The maximum Gasteiger partial charge on any atom is 0.309 e. The topological polar surface area (TPSA) is 105 Å². The molecule has 2 aromatic rings. The summed E-state index contributed by atoms with van der Waals surface area (Å²) in [4.78, 5) is 46.6. The number of ether oxygens (including phenoxy) is 4. The minimum Gasteiger partial charge on any atom is -0.469 e. The second-order valence-electron chi connectivity index (χ2n) is 11.4. The van der Waals surface area contributed by atoms with Crippen molar-refractivity contribution in [1.82, 2.24) is 0 Å². The van der Waals surface area contributed by atoms with Crippen LogP contribution in [0, 0.1) is 51.4 Å². The smallest absolute Gasteiger partial charge is 0.309 e. The average Bonchev–Trinajstić information content (AvgIpc) is 3.06. The highest BCUT2D eigenvalue weighted by Gasteiger charge is 2.41. The number of carbonyl (C=O) groups is 4. The Morgan fingerprint density at radius 3 is 1.41 bits per heavy atom. The van der Waals surface area contributed by atoms with E-state index in [1.54, 1.807) is 0 Å². The molecular weight excluding hydrogens is 560 g/mol. The van der Waals surface area contributed by atoms with Crippen molar-refractivity contribution in [3.05, 3.63) is 82.4 Å². The van der Waals surface area contributed by atoms with Crippen LogP contribution in [0.15, 0.2) is 54.6 Å². The molecule has 240 valence electrons. The first-order valence-corrected chi connectivity index (χ1v) is 15.0. The van der Waals surface area contributed by atoms with E-state index in [2.05, 4.69) is 79.6 Å². The Morgan fingerprint density at radius 1 is 0.545 bits per heavy atom. The number of esters is 4. The zero-order chi connectivity index (χ0) is 32.8. The van der Waals surface area contributed by atoms with Gasteiger partial charge in [0.1, 0.15) is 0 Å². The first kappa shape index (κ1) is 36.3. The summed E-state index contributed by atoms with van der Waals surface area (Å²) < 4.78 is 19.0. The number of hydrogen-bond acceptors (Lipinski definition) is 8. The lowest BCUT2D eigenvalue weighted by molar-refractivity contribution is -0.159. The van der Waals surface area contributed by atoms with Crippen molar-refractivity contribution in [3.8, 4) is 0 Å². The van der Waals surface area contributed by atoms with Crippen molar-refractivity contribution in [2.24, 2.45) is 23.7 Å². The zero-order valence-corrected chi connectivity index (χ0v) is 27.4. The molecule has 4 rings (SSSR count). The first-order chi connectivity index (χ1) is 21.0. The van der Waals surface area contributed by atoms with E-state index in [4.69, 9.17) is 9.47 Å². The minimum atomic E-state index is -0.419. The fourth-order valence-corrected chi connectivity index (χ4v) is 5.64. The molecule has 8 nitrogen and oxygen atoms in total. The summed E-state index contributed by atoms with van der Waals surface area (Å²) in [6, 6.07) is 14.8. The fraction of sp³-hybridized carbons (Fsp3) is 0.500. The summed E-state index contributed by atoms with van der Waals surface area (Å²) in [7, 11) is 5.40. The summed E-state index contributed by atoms with van der Waals surface area (Å²) in [6.07, 6.45) is 7.05. The first-order valence-electron chi connectivity index (χ1n) is 15.0. The van der Waals surface area contributed by atoms with Crippen molar-refractivity contribution in [3.63, 3.8) is 0 Å². The second-order valence-corrected chi connectivity index (χ2v) is 11.4. The lowest BCUT2D eigenvalue weighted by Crippen LogP contribution is -2.36. The number of carbonyl (C=O) groups excluding carboxylic acids is 4. The van der Waals surface area contributed by atoms with Gasteiger partial charge in [-0.3, -0.25) is 19.2 Å². The van der Waals surface area contributed by atoms with Crippen LogP contribution in [0.4, 0.5) is 0 Å². The molecule has 0 N–H and O–H groups in total. The third kappa shape index (κ3) is 10.1. The van der Waals surface area contributed by atoms with Gasteiger partial charge in [0.2, 0.25) is 0 Å². The van der Waals surface area contributed by atoms with E-state index in [-0.39, 0.29) is 35.7 Å². The van der Waals surface area contributed by atoms with Gasteiger partial charge in [-0.25, -0.2) is 0 Å². The summed E-state index contributed by atoms with van der Waals surface area (Å²) in [5.41, 5.74) is 6.49. The summed E-state index contributed by atoms with van der Waals surface area (Å²) in [5, 5.41) is 0. The standard InChI is InChI=1S/C18H24O4.C10H14O4.C8H10/c1-11-5-6-13(9-12(11)2)14-7-8-15(17(19)21-3)16(10-14)18(20)22-4;1-13-9(11)7-5-3-4-6-8(7)10(12)14-2;1-7-5-3-4-6-8(7)2/h5-6,9,14-16H,7-8,10H2,1-4H3;3-4,7-8H,5-6H2,1-2H3;3-6H,1-2H3. The van der Waals surface area contributed by atoms with Crippen molar-refractivity contribution in [2.75, 3.05) is 28.4 Å². The van der Waals surface area contributed by atoms with Crippen LogP contribution in [0.3, 0.4) is 0 Å². The van der Waals surface area contributed by atoms with E-state index in [0.717, 1.165) is 6.42 Å². The Bertz CT molecular complexity index is 1250. The van der Waals surface area contributed by atoms with Crippen molar-refractivity contribution >= 4 is 23.9 Å². The van der Waals surface area contributed by atoms with Crippen molar-refractivity contribution in [1.29, 1.82) is 0 Å². The number of hydrogen-bond donors (Lipinski definition) is 0. The van der Waals surface area contributed by atoms with Crippen LogP contribution in [0.25, 0.3) is 0 Å². The maximum atomic E-state index is 12.1. The molecule has 0 aliphatic heterocycles. The Morgan fingerprint density at radius 2 is 0.977 bits per heavy atom. The van der Waals surface area contributed by atoms with Gasteiger partial charge in [0.05, 0.1) is 52.1 Å². The Balaban J connectivity index is 0.000000260. The average molecular weight is 609 g/mol. The predicted octanol–water partition coefficient (Wildman–Crippen LogP) is 6.37. The summed E-state index contributed by atoms with van der Waals surface area (Å²) in [5.74, 6) is -2.62. The quantitative estimate of drug-likeness (QED) is 0.219. The predicted molar refractivity (Wildman–Crippen MR) is 169 cm³/mol. The number of rotatable bonds is 5. The van der Waals surface area contributed by atoms with Crippen molar-refractivity contribution < 1.29 is 38.1 Å². The molecule has 1 fully saturated rings. The van der Waals surface area contributed by atoms with Gasteiger partial charge in [-0.05, 0) is 93.5 Å². The fourth-order valence-electron chi connectivity index (χ4n) is 5.64. The van der Waals surface area contributed by atoms with Gasteiger partial charge >= 0.3 is 23.9 Å². The highest BCUT2D eigenvalue weighted by atomic mass is 16.5. The highest BCUT2D eigenvalue weighted by Crippen LogP contribution is 2.41. The zero-order valence-electron chi connectivity index (χ0n) is 27.4. The lowest BCUT2D eigenvalue weighted by atomic mass is 9.71. The molecule has 2 aromatic carbocycles. The van der Waals surface area contributed by atoms with E-state index in [0.29, 0.717) is 25.7 Å². The molecule has 0 saturated heterocycles. The van der Waals surface area contributed by atoms with E-state index >= 15 is 0 Å². The van der Waals surface area contributed by atoms with Gasteiger partial charge < -0.3 is 18.9 Å². The lowest BCUT2D eigenvalue weighted by Gasteiger charge is -2.33.